The van der Waals surface area contributed by atoms with Crippen molar-refractivity contribution in [2.45, 2.75) is 25.0 Å². The van der Waals surface area contributed by atoms with E-state index in [1.54, 1.807) is 13.3 Å². The minimum atomic E-state index is -0.447. The molecule has 2 aliphatic rings. The number of rotatable bonds is 3. The second-order valence-electron chi connectivity index (χ2n) is 6.09. The van der Waals surface area contributed by atoms with Crippen molar-refractivity contribution in [1.29, 1.82) is 0 Å². The Morgan fingerprint density at radius 1 is 1.29 bits per heavy atom. The molecule has 110 valence electrons. The summed E-state index contributed by atoms with van der Waals surface area (Å²) in [6.45, 7) is 2.25. The van der Waals surface area contributed by atoms with Crippen LogP contribution in [0.1, 0.15) is 24.5 Å². The molecule has 2 unspecified atom stereocenters. The van der Waals surface area contributed by atoms with Crippen molar-refractivity contribution in [3.05, 3.63) is 36.0 Å². The van der Waals surface area contributed by atoms with Crippen LogP contribution < -0.4 is 4.74 Å². The number of hydrogen-bond acceptors (Lipinski definition) is 4. The lowest BCUT2D eigenvalue weighted by Crippen LogP contribution is -2.31. The standard InChI is InChI=1S/C17H20N2O2/c1-21-12-2-3-15-14(10-12)13(4-7-18-15)17(20)16-11-5-8-19(16)9-6-11/h2-4,7,10-11,16-17,20H,5-6,8-9H2,1H3. The molecule has 2 fully saturated rings. The predicted octanol–water partition coefficient (Wildman–Crippen LogP) is 2.37. The van der Waals surface area contributed by atoms with Crippen LogP contribution in [0.5, 0.6) is 5.75 Å². The third-order valence-electron chi connectivity index (χ3n) is 5.10. The predicted molar refractivity (Wildman–Crippen MR) is 81.3 cm³/mol. The number of ether oxygens (including phenoxy) is 1. The van der Waals surface area contributed by atoms with E-state index < -0.39 is 6.10 Å². The van der Waals surface area contributed by atoms with Crippen LogP contribution in [-0.2, 0) is 0 Å². The van der Waals surface area contributed by atoms with Crippen LogP contribution >= 0.6 is 0 Å². The Balaban J connectivity index is 1.78. The van der Waals surface area contributed by atoms with Crippen LogP contribution in [0.2, 0.25) is 0 Å². The SMILES string of the molecule is COc1ccc2nccc(C(O)C3C4CCN3CC4)c2c1. The highest BCUT2D eigenvalue weighted by molar-refractivity contribution is 5.84. The molecule has 2 aromatic rings. The first-order valence-corrected chi connectivity index (χ1v) is 7.62. The largest absolute Gasteiger partial charge is 0.497 e. The summed E-state index contributed by atoms with van der Waals surface area (Å²) in [6.07, 6.45) is 3.78. The molecule has 0 aliphatic carbocycles. The van der Waals surface area contributed by atoms with Gasteiger partial charge in [-0.2, -0.15) is 0 Å². The quantitative estimate of drug-likeness (QED) is 0.940. The maximum atomic E-state index is 11.0. The van der Waals surface area contributed by atoms with Crippen LogP contribution in [-0.4, -0.2) is 41.2 Å². The summed E-state index contributed by atoms with van der Waals surface area (Å²) >= 11 is 0. The van der Waals surface area contributed by atoms with Gasteiger partial charge in [0.05, 0.1) is 18.7 Å². The number of aliphatic hydroxyl groups is 1. The number of hydrogen-bond donors (Lipinski definition) is 1. The lowest BCUT2D eigenvalue weighted by Gasteiger charge is -2.26. The number of methoxy groups -OCH3 is 1. The van der Waals surface area contributed by atoms with Gasteiger partial charge >= 0.3 is 0 Å². The number of piperidine rings is 1. The van der Waals surface area contributed by atoms with Crippen LogP contribution in [0.25, 0.3) is 10.9 Å². The summed E-state index contributed by atoms with van der Waals surface area (Å²) < 4.78 is 5.32. The number of fused-ring (bicyclic) bond motifs is 3. The number of aliphatic hydroxyl groups excluding tert-OH is 1. The number of nitrogens with zero attached hydrogens (tertiary/aromatic N) is 2. The fourth-order valence-corrected chi connectivity index (χ4v) is 4.03. The summed E-state index contributed by atoms with van der Waals surface area (Å²) in [6, 6.07) is 8.06. The molecule has 0 amide bonds. The molecule has 0 radical (unpaired) electrons. The first kappa shape index (κ1) is 13.0. The molecular formula is C17H20N2O2. The highest BCUT2D eigenvalue weighted by Gasteiger charge is 2.44. The zero-order valence-corrected chi connectivity index (χ0v) is 12.2. The average Bonchev–Trinajstić information content (AvgIpc) is 3.13. The van der Waals surface area contributed by atoms with E-state index in [0.29, 0.717) is 5.92 Å². The van der Waals surface area contributed by atoms with Crippen molar-refractivity contribution in [2.75, 3.05) is 20.2 Å². The van der Waals surface area contributed by atoms with Gasteiger partial charge in [-0.25, -0.2) is 0 Å². The van der Waals surface area contributed by atoms with E-state index in [1.165, 1.54) is 12.8 Å². The summed E-state index contributed by atoms with van der Waals surface area (Å²) in [5.41, 5.74) is 1.88. The molecule has 1 aromatic carbocycles. The summed E-state index contributed by atoms with van der Waals surface area (Å²) in [4.78, 5) is 6.83. The molecule has 0 spiro atoms. The Labute approximate surface area is 124 Å². The molecule has 21 heavy (non-hydrogen) atoms. The fourth-order valence-electron chi connectivity index (χ4n) is 4.03. The van der Waals surface area contributed by atoms with E-state index in [9.17, 15) is 5.11 Å². The molecule has 2 aliphatic heterocycles. The monoisotopic (exact) mass is 284 g/mol. The normalized spacial score (nSPS) is 29.0. The Hall–Kier alpha value is -1.65. The van der Waals surface area contributed by atoms with Gasteiger partial charge in [0.2, 0.25) is 0 Å². The van der Waals surface area contributed by atoms with Gasteiger partial charge in [0.1, 0.15) is 5.75 Å². The van der Waals surface area contributed by atoms with Gasteiger partial charge in [0, 0.05) is 17.6 Å². The van der Waals surface area contributed by atoms with Crippen LogP contribution in [0.15, 0.2) is 30.5 Å². The minimum Gasteiger partial charge on any atom is -0.497 e. The molecule has 4 nitrogen and oxygen atoms in total. The Bertz CT molecular complexity index is 653. The van der Waals surface area contributed by atoms with Crippen LogP contribution in [0.3, 0.4) is 0 Å². The van der Waals surface area contributed by atoms with Crippen molar-refractivity contribution in [3.63, 3.8) is 0 Å². The summed E-state index contributed by atoms with van der Waals surface area (Å²) in [5.74, 6) is 1.44. The third kappa shape index (κ3) is 2.01. The van der Waals surface area contributed by atoms with Crippen molar-refractivity contribution < 1.29 is 9.84 Å². The van der Waals surface area contributed by atoms with Gasteiger partial charge < -0.3 is 9.84 Å². The van der Waals surface area contributed by atoms with Gasteiger partial charge in [-0.05, 0) is 61.7 Å². The Morgan fingerprint density at radius 2 is 2.10 bits per heavy atom. The van der Waals surface area contributed by atoms with E-state index >= 15 is 0 Å². The van der Waals surface area contributed by atoms with Gasteiger partial charge in [0.15, 0.2) is 0 Å². The smallest absolute Gasteiger partial charge is 0.119 e. The highest BCUT2D eigenvalue weighted by Crippen LogP contribution is 2.42. The Morgan fingerprint density at radius 3 is 2.76 bits per heavy atom. The van der Waals surface area contributed by atoms with Gasteiger partial charge in [-0.15, -0.1) is 0 Å². The van der Waals surface area contributed by atoms with Crippen molar-refractivity contribution in [2.24, 2.45) is 5.92 Å². The van der Waals surface area contributed by atoms with Crippen molar-refractivity contribution in [1.82, 2.24) is 9.88 Å². The molecule has 4 heteroatoms. The van der Waals surface area contributed by atoms with E-state index in [0.717, 1.165) is 35.3 Å². The topological polar surface area (TPSA) is 45.6 Å². The van der Waals surface area contributed by atoms with Gasteiger partial charge in [-0.3, -0.25) is 9.88 Å². The Kier molecular flexibility index (Phi) is 3.08. The van der Waals surface area contributed by atoms with E-state index in [4.69, 9.17) is 4.74 Å². The number of benzene rings is 1. The maximum Gasteiger partial charge on any atom is 0.119 e. The second kappa shape index (κ2) is 4.97. The van der Waals surface area contributed by atoms with E-state index in [2.05, 4.69) is 9.88 Å². The van der Waals surface area contributed by atoms with Gasteiger partial charge in [0.25, 0.3) is 0 Å². The fraction of sp³-hybridized carbons (Fsp3) is 0.471. The van der Waals surface area contributed by atoms with E-state index in [-0.39, 0.29) is 6.04 Å². The minimum absolute atomic E-state index is 0.266. The first-order valence-electron chi connectivity index (χ1n) is 7.62. The van der Waals surface area contributed by atoms with Crippen molar-refractivity contribution >= 4 is 10.9 Å². The lowest BCUT2D eigenvalue weighted by atomic mass is 9.91. The zero-order valence-electron chi connectivity index (χ0n) is 12.2. The summed E-state index contributed by atoms with van der Waals surface area (Å²) in [7, 11) is 1.66. The highest BCUT2D eigenvalue weighted by atomic mass is 16.5. The number of pyridine rings is 1. The molecule has 2 bridgehead atoms. The molecule has 4 rings (SSSR count). The van der Waals surface area contributed by atoms with E-state index in [1.807, 2.05) is 24.3 Å². The third-order valence-corrected chi connectivity index (χ3v) is 5.10. The molecule has 0 saturated carbocycles. The molecule has 1 aromatic heterocycles. The average molecular weight is 284 g/mol. The van der Waals surface area contributed by atoms with Crippen LogP contribution in [0.4, 0.5) is 0 Å². The lowest BCUT2D eigenvalue weighted by molar-refractivity contribution is 0.0843. The second-order valence-corrected chi connectivity index (χ2v) is 6.09. The van der Waals surface area contributed by atoms with Crippen molar-refractivity contribution in [3.8, 4) is 5.75 Å². The molecular weight excluding hydrogens is 264 g/mol. The summed E-state index contributed by atoms with van der Waals surface area (Å²) in [5, 5.41) is 11.9. The number of aromatic nitrogens is 1. The molecule has 2 saturated heterocycles. The van der Waals surface area contributed by atoms with Crippen LogP contribution in [0, 0.1) is 5.92 Å². The maximum absolute atomic E-state index is 11.0. The molecule has 2 atom stereocenters. The molecule has 3 heterocycles. The first-order chi connectivity index (χ1) is 10.3. The van der Waals surface area contributed by atoms with Gasteiger partial charge in [-0.1, -0.05) is 0 Å². The zero-order chi connectivity index (χ0) is 14.4. The molecule has 1 N–H and O–H groups in total.